The zero-order valence-electron chi connectivity index (χ0n) is 10.2. The third-order valence-corrected chi connectivity index (χ3v) is 2.98. The summed E-state index contributed by atoms with van der Waals surface area (Å²) >= 11 is 0. The van der Waals surface area contributed by atoms with Gasteiger partial charge >= 0.3 is 0 Å². The van der Waals surface area contributed by atoms with E-state index >= 15 is 0 Å². The molecule has 0 aliphatic rings. The molecule has 0 spiro atoms. The number of aliphatic hydroxyl groups excluding tert-OH is 1. The molecule has 0 aromatic heterocycles. The third-order valence-electron chi connectivity index (χ3n) is 2.98. The lowest BCUT2D eigenvalue weighted by molar-refractivity contribution is -0.114. The Morgan fingerprint density at radius 2 is 1.67 bits per heavy atom. The van der Waals surface area contributed by atoms with E-state index in [4.69, 9.17) is 0 Å². The van der Waals surface area contributed by atoms with Gasteiger partial charge in [-0.1, -0.05) is 52.4 Å². The van der Waals surface area contributed by atoms with E-state index in [1.54, 1.807) is 0 Å². The third kappa shape index (κ3) is 7.55. The summed E-state index contributed by atoms with van der Waals surface area (Å²) in [6.07, 6.45) is 9.44. The monoisotopic (exact) mass is 214 g/mol. The van der Waals surface area contributed by atoms with Crippen molar-refractivity contribution in [2.75, 3.05) is 0 Å². The Bertz CT molecular complexity index is 145. The van der Waals surface area contributed by atoms with Crippen LogP contribution in [0, 0.1) is 5.92 Å². The lowest BCUT2D eigenvalue weighted by Crippen LogP contribution is -2.20. The number of hydrogen-bond donors (Lipinski definition) is 1. The molecular weight excluding hydrogens is 188 g/mol. The fourth-order valence-corrected chi connectivity index (χ4v) is 1.81. The van der Waals surface area contributed by atoms with Crippen molar-refractivity contribution in [2.24, 2.45) is 5.92 Å². The van der Waals surface area contributed by atoms with Crippen molar-refractivity contribution in [3.8, 4) is 0 Å². The number of rotatable bonds is 10. The summed E-state index contributed by atoms with van der Waals surface area (Å²) in [4.78, 5) is 10.7. The zero-order valence-corrected chi connectivity index (χ0v) is 10.2. The van der Waals surface area contributed by atoms with Crippen molar-refractivity contribution in [1.82, 2.24) is 0 Å². The topological polar surface area (TPSA) is 37.3 Å². The fraction of sp³-hybridized carbons (Fsp3) is 0.923. The number of aldehydes is 1. The van der Waals surface area contributed by atoms with Gasteiger partial charge < -0.3 is 9.90 Å². The lowest BCUT2D eigenvalue weighted by atomic mass is 9.95. The highest BCUT2D eigenvalue weighted by Crippen LogP contribution is 2.15. The van der Waals surface area contributed by atoms with E-state index < -0.39 is 6.10 Å². The van der Waals surface area contributed by atoms with E-state index in [9.17, 15) is 9.90 Å². The van der Waals surface area contributed by atoms with Gasteiger partial charge in [0.2, 0.25) is 0 Å². The maximum absolute atomic E-state index is 10.7. The van der Waals surface area contributed by atoms with Crippen LogP contribution in [0.5, 0.6) is 0 Å². The summed E-state index contributed by atoms with van der Waals surface area (Å²) in [6.45, 7) is 4.13. The maximum atomic E-state index is 10.7. The normalized spacial score (nSPS) is 14.9. The summed E-state index contributed by atoms with van der Waals surface area (Å²) in [7, 11) is 0. The highest BCUT2D eigenvalue weighted by molar-refractivity contribution is 5.54. The first-order chi connectivity index (χ1) is 7.26. The van der Waals surface area contributed by atoms with Crippen LogP contribution in [-0.4, -0.2) is 17.5 Å². The molecule has 0 aliphatic heterocycles. The van der Waals surface area contributed by atoms with Gasteiger partial charge in [0, 0.05) is 5.92 Å². The number of hydrogen-bond acceptors (Lipinski definition) is 2. The average molecular weight is 214 g/mol. The van der Waals surface area contributed by atoms with Crippen LogP contribution in [-0.2, 0) is 4.79 Å². The van der Waals surface area contributed by atoms with E-state index in [1.807, 2.05) is 6.92 Å². The molecule has 0 aromatic carbocycles. The Hall–Kier alpha value is -0.370. The van der Waals surface area contributed by atoms with Crippen molar-refractivity contribution in [3.05, 3.63) is 0 Å². The van der Waals surface area contributed by atoms with Gasteiger partial charge in [-0.05, 0) is 12.8 Å². The Morgan fingerprint density at radius 3 is 2.20 bits per heavy atom. The van der Waals surface area contributed by atoms with Gasteiger partial charge in [-0.2, -0.15) is 0 Å². The van der Waals surface area contributed by atoms with Crippen LogP contribution in [0.3, 0.4) is 0 Å². The molecule has 0 heterocycles. The van der Waals surface area contributed by atoms with Gasteiger partial charge in [0.05, 0.1) is 6.10 Å². The average Bonchev–Trinajstić information content (AvgIpc) is 2.27. The maximum Gasteiger partial charge on any atom is 0.125 e. The molecule has 0 amide bonds. The molecule has 0 aromatic rings. The minimum atomic E-state index is -0.432. The van der Waals surface area contributed by atoms with Gasteiger partial charge in [0.1, 0.15) is 6.29 Å². The Balaban J connectivity index is 3.42. The minimum absolute atomic E-state index is 0.138. The van der Waals surface area contributed by atoms with E-state index in [0.29, 0.717) is 6.42 Å². The van der Waals surface area contributed by atoms with Crippen LogP contribution < -0.4 is 0 Å². The number of aliphatic hydroxyl groups is 1. The summed E-state index contributed by atoms with van der Waals surface area (Å²) in [5.74, 6) is -0.138. The highest BCUT2D eigenvalue weighted by atomic mass is 16.3. The fourth-order valence-electron chi connectivity index (χ4n) is 1.81. The van der Waals surface area contributed by atoms with E-state index in [1.165, 1.54) is 32.1 Å². The van der Waals surface area contributed by atoms with Crippen LogP contribution in [0.15, 0.2) is 0 Å². The number of carbonyl (C=O) groups excluding carboxylic acids is 1. The van der Waals surface area contributed by atoms with Crippen LogP contribution in [0.25, 0.3) is 0 Å². The molecule has 1 N–H and O–H groups in total. The molecule has 2 heteroatoms. The molecule has 0 fully saturated rings. The Kier molecular flexibility index (Phi) is 9.91. The molecule has 0 radical (unpaired) electrons. The first-order valence-corrected chi connectivity index (χ1v) is 6.39. The Morgan fingerprint density at radius 1 is 1.07 bits per heavy atom. The van der Waals surface area contributed by atoms with Crippen molar-refractivity contribution in [3.63, 3.8) is 0 Å². The summed E-state index contributed by atoms with van der Waals surface area (Å²) in [5.41, 5.74) is 0. The van der Waals surface area contributed by atoms with Crippen molar-refractivity contribution in [2.45, 2.75) is 71.3 Å². The van der Waals surface area contributed by atoms with E-state index in [2.05, 4.69) is 6.92 Å². The van der Waals surface area contributed by atoms with Crippen molar-refractivity contribution < 1.29 is 9.90 Å². The minimum Gasteiger partial charge on any atom is -0.392 e. The second-order valence-electron chi connectivity index (χ2n) is 4.33. The quantitative estimate of drug-likeness (QED) is 0.447. The van der Waals surface area contributed by atoms with Gasteiger partial charge in [-0.15, -0.1) is 0 Å². The molecule has 15 heavy (non-hydrogen) atoms. The molecular formula is C13H26O2. The van der Waals surface area contributed by atoms with Gasteiger partial charge in [-0.25, -0.2) is 0 Å². The van der Waals surface area contributed by atoms with Gasteiger partial charge in [0.15, 0.2) is 0 Å². The number of carbonyl (C=O) groups is 1. The molecule has 90 valence electrons. The van der Waals surface area contributed by atoms with Crippen molar-refractivity contribution in [1.29, 1.82) is 0 Å². The van der Waals surface area contributed by atoms with Crippen LogP contribution in [0.4, 0.5) is 0 Å². The summed E-state index contributed by atoms with van der Waals surface area (Å²) in [5, 5.41) is 9.53. The molecule has 0 aliphatic carbocycles. The first kappa shape index (κ1) is 14.6. The largest absolute Gasteiger partial charge is 0.392 e. The van der Waals surface area contributed by atoms with Crippen LogP contribution >= 0.6 is 0 Å². The van der Waals surface area contributed by atoms with Crippen molar-refractivity contribution >= 4 is 6.29 Å². The molecule has 0 rings (SSSR count). The summed E-state index contributed by atoms with van der Waals surface area (Å²) < 4.78 is 0. The molecule has 0 saturated heterocycles. The molecule has 2 nitrogen and oxygen atoms in total. The van der Waals surface area contributed by atoms with E-state index in [-0.39, 0.29) is 5.92 Å². The number of unbranched alkanes of at least 4 members (excludes halogenated alkanes) is 5. The van der Waals surface area contributed by atoms with Gasteiger partial charge in [0.25, 0.3) is 0 Å². The predicted octanol–water partition coefficient (Wildman–Crippen LogP) is 3.32. The standard InChI is InChI=1S/C13H26O2/c1-3-5-6-7-8-9-10-12(11-14)13(15)4-2/h11-13,15H,3-10H2,1-2H3. The smallest absolute Gasteiger partial charge is 0.125 e. The van der Waals surface area contributed by atoms with E-state index in [0.717, 1.165) is 19.1 Å². The molecule has 0 bridgehead atoms. The molecule has 0 saturated carbocycles. The Labute approximate surface area is 94.1 Å². The lowest BCUT2D eigenvalue weighted by Gasteiger charge is -2.15. The second kappa shape index (κ2) is 10.2. The molecule has 2 atom stereocenters. The van der Waals surface area contributed by atoms with Crippen LogP contribution in [0.1, 0.15) is 65.2 Å². The zero-order chi connectivity index (χ0) is 11.5. The molecule has 2 unspecified atom stereocenters. The SMILES string of the molecule is CCCCCCCCC(C=O)C(O)CC. The second-order valence-corrected chi connectivity index (χ2v) is 4.33. The highest BCUT2D eigenvalue weighted by Gasteiger charge is 2.15. The van der Waals surface area contributed by atoms with Crippen LogP contribution in [0.2, 0.25) is 0 Å². The predicted molar refractivity (Wildman–Crippen MR) is 63.8 cm³/mol. The summed E-state index contributed by atoms with van der Waals surface area (Å²) in [6, 6.07) is 0. The first-order valence-electron chi connectivity index (χ1n) is 6.39. The van der Waals surface area contributed by atoms with Gasteiger partial charge in [-0.3, -0.25) is 0 Å².